The molecule has 0 N–H and O–H groups in total. The molecule has 0 aromatic heterocycles. The molecule has 13 aromatic carbocycles. The van der Waals surface area contributed by atoms with Gasteiger partial charge in [0.05, 0.1) is 0 Å². The van der Waals surface area contributed by atoms with E-state index in [-0.39, 0.29) is 0 Å². The second-order valence-corrected chi connectivity index (χ2v) is 18.3. The van der Waals surface area contributed by atoms with Crippen LogP contribution in [-0.4, -0.2) is 0 Å². The lowest BCUT2D eigenvalue weighted by atomic mass is 9.80. The first-order valence-corrected chi connectivity index (χ1v) is 24.2. The molecular weight excluding hydrogens is 841 g/mol. The van der Waals surface area contributed by atoms with Crippen LogP contribution in [-0.2, 0) is 0 Å². The molecule has 0 aliphatic carbocycles. The molecule has 0 fully saturated rings. The molecular formula is C70H46. The van der Waals surface area contributed by atoms with Crippen LogP contribution in [0.25, 0.3) is 132 Å². The summed E-state index contributed by atoms with van der Waals surface area (Å²) in [4.78, 5) is 0. The predicted octanol–water partition coefficient (Wildman–Crippen LogP) is 19.6. The molecule has 0 amide bonds. The molecule has 0 radical (unpaired) electrons. The van der Waals surface area contributed by atoms with E-state index >= 15 is 0 Å². The van der Waals surface area contributed by atoms with Crippen molar-refractivity contribution in [3.8, 4) is 89.0 Å². The van der Waals surface area contributed by atoms with Crippen LogP contribution in [0.2, 0.25) is 0 Å². The molecule has 0 unspecified atom stereocenters. The molecule has 326 valence electrons. The first kappa shape index (κ1) is 41.1. The fraction of sp³-hybridized carbons (Fsp3) is 0. The van der Waals surface area contributed by atoms with Gasteiger partial charge < -0.3 is 0 Å². The van der Waals surface area contributed by atoms with E-state index in [2.05, 4.69) is 279 Å². The number of fused-ring (bicyclic) bond motifs is 4. The van der Waals surface area contributed by atoms with Gasteiger partial charge in [-0.2, -0.15) is 0 Å². The van der Waals surface area contributed by atoms with Gasteiger partial charge in [0.1, 0.15) is 0 Å². The molecule has 0 spiro atoms. The average Bonchev–Trinajstić information content (AvgIpc) is 3.44. The molecule has 0 saturated heterocycles. The molecule has 0 aliphatic rings. The zero-order chi connectivity index (χ0) is 46.4. The number of hydrogen-bond donors (Lipinski definition) is 0. The Labute approximate surface area is 409 Å². The maximum absolute atomic E-state index is 2.54. The van der Waals surface area contributed by atoms with Crippen molar-refractivity contribution in [2.75, 3.05) is 0 Å². The largest absolute Gasteiger partial charge is 0.0622 e. The van der Waals surface area contributed by atoms with Gasteiger partial charge in [-0.25, -0.2) is 0 Å². The maximum Gasteiger partial charge on any atom is -0.00261 e. The lowest BCUT2D eigenvalue weighted by Gasteiger charge is -2.22. The van der Waals surface area contributed by atoms with Crippen molar-refractivity contribution in [2.24, 2.45) is 0 Å². The Morgan fingerprint density at radius 1 is 0.114 bits per heavy atom. The number of rotatable bonds is 8. The molecule has 0 heterocycles. The lowest BCUT2D eigenvalue weighted by molar-refractivity contribution is 1.60. The number of hydrogen-bond acceptors (Lipinski definition) is 0. The zero-order valence-electron chi connectivity index (χ0n) is 38.6. The Morgan fingerprint density at radius 2 is 0.271 bits per heavy atom. The van der Waals surface area contributed by atoms with E-state index in [1.807, 2.05) is 0 Å². The van der Waals surface area contributed by atoms with E-state index in [9.17, 15) is 0 Å². The van der Waals surface area contributed by atoms with Crippen LogP contribution in [0.15, 0.2) is 279 Å². The van der Waals surface area contributed by atoms with Crippen LogP contribution < -0.4 is 0 Å². The minimum atomic E-state index is 1.19. The van der Waals surface area contributed by atoms with Gasteiger partial charge in [0.15, 0.2) is 0 Å². The molecule has 0 aliphatic heterocycles. The van der Waals surface area contributed by atoms with Crippen molar-refractivity contribution < 1.29 is 0 Å². The zero-order valence-corrected chi connectivity index (χ0v) is 38.6. The van der Waals surface area contributed by atoms with Crippen LogP contribution in [0.5, 0.6) is 0 Å². The topological polar surface area (TPSA) is 0 Å². The third-order valence-corrected chi connectivity index (χ3v) is 14.3. The normalized spacial score (nSPS) is 11.4. The molecule has 0 bridgehead atoms. The first-order chi connectivity index (χ1) is 34.7. The average molecular weight is 887 g/mol. The molecule has 0 atom stereocenters. The number of benzene rings is 13. The van der Waals surface area contributed by atoms with Crippen molar-refractivity contribution >= 4 is 43.1 Å². The van der Waals surface area contributed by atoms with Crippen molar-refractivity contribution in [2.45, 2.75) is 0 Å². The third-order valence-electron chi connectivity index (χ3n) is 14.3. The van der Waals surface area contributed by atoms with E-state index in [1.54, 1.807) is 0 Å². The Morgan fingerprint density at radius 3 is 0.471 bits per heavy atom. The van der Waals surface area contributed by atoms with Crippen molar-refractivity contribution in [3.05, 3.63) is 279 Å². The summed E-state index contributed by atoms with van der Waals surface area (Å²) in [6.45, 7) is 0. The summed E-state index contributed by atoms with van der Waals surface area (Å²) < 4.78 is 0. The molecule has 0 nitrogen and oxygen atoms in total. The second kappa shape index (κ2) is 17.5. The summed E-state index contributed by atoms with van der Waals surface area (Å²) >= 11 is 0. The van der Waals surface area contributed by atoms with Crippen LogP contribution in [0.4, 0.5) is 0 Å². The first-order valence-electron chi connectivity index (χ1n) is 24.2. The van der Waals surface area contributed by atoms with E-state index in [0.29, 0.717) is 0 Å². The Hall–Kier alpha value is -9.10. The standard InChI is InChI=1S/C70H46/c1-5-17-47(18-6-1)51-29-37-55(38-30-51)67-59-25-13-14-26-60(59)68(56-39-31-52(32-40-56)48-19-7-2-8-20-48)64-46-66-65(45-63(64)67)69(57-41-33-53(34-42-57)49-21-9-3-10-22-49)61-27-15-16-28-62(61)70(66)58-43-35-54(36-44-58)50-23-11-4-12-24-50/h1-46H. The minimum Gasteiger partial charge on any atom is -0.0622 e. The van der Waals surface area contributed by atoms with Gasteiger partial charge in [0.25, 0.3) is 0 Å². The summed E-state index contributed by atoms with van der Waals surface area (Å²) in [6, 6.07) is 103. The summed E-state index contributed by atoms with van der Waals surface area (Å²) in [6.07, 6.45) is 0. The van der Waals surface area contributed by atoms with Gasteiger partial charge >= 0.3 is 0 Å². The highest BCUT2D eigenvalue weighted by Gasteiger charge is 2.23. The highest BCUT2D eigenvalue weighted by Crippen LogP contribution is 2.50. The van der Waals surface area contributed by atoms with E-state index in [0.717, 1.165) is 0 Å². The predicted molar refractivity (Wildman–Crippen MR) is 300 cm³/mol. The van der Waals surface area contributed by atoms with Gasteiger partial charge in [-0.1, -0.05) is 267 Å². The van der Waals surface area contributed by atoms with Gasteiger partial charge in [0, 0.05) is 0 Å². The Kier molecular flexibility index (Phi) is 10.3. The SMILES string of the molecule is c1ccc(-c2ccc(-c3c4ccccc4c(-c4ccc(-c5ccccc5)cc4)c4cc5c(-c6ccc(-c7ccccc7)cc6)c6ccccc6c(-c6ccc(-c7ccccc7)cc6)c5cc34)cc2)cc1. The smallest absolute Gasteiger partial charge is 0.00261 e. The second-order valence-electron chi connectivity index (χ2n) is 18.3. The minimum absolute atomic E-state index is 1.19. The molecule has 0 saturated carbocycles. The molecule has 13 rings (SSSR count). The highest BCUT2D eigenvalue weighted by molar-refractivity contribution is 6.29. The van der Waals surface area contributed by atoms with Crippen LogP contribution in [0, 0.1) is 0 Å². The molecule has 70 heavy (non-hydrogen) atoms. The van der Waals surface area contributed by atoms with Gasteiger partial charge in [-0.3, -0.25) is 0 Å². The van der Waals surface area contributed by atoms with Crippen molar-refractivity contribution in [1.29, 1.82) is 0 Å². The van der Waals surface area contributed by atoms with Gasteiger partial charge in [-0.15, -0.1) is 0 Å². The monoisotopic (exact) mass is 886 g/mol. The van der Waals surface area contributed by atoms with Crippen molar-refractivity contribution in [1.82, 2.24) is 0 Å². The molecule has 0 heteroatoms. The van der Waals surface area contributed by atoms with Crippen LogP contribution in [0.3, 0.4) is 0 Å². The van der Waals surface area contributed by atoms with Gasteiger partial charge in [0.2, 0.25) is 0 Å². The van der Waals surface area contributed by atoms with Crippen LogP contribution >= 0.6 is 0 Å². The van der Waals surface area contributed by atoms with Gasteiger partial charge in [-0.05, 0) is 144 Å². The quantitative estimate of drug-likeness (QED) is 0.133. The summed E-state index contributed by atoms with van der Waals surface area (Å²) in [5.41, 5.74) is 19.4. The third kappa shape index (κ3) is 7.26. The molecule has 13 aromatic rings. The summed E-state index contributed by atoms with van der Waals surface area (Å²) in [7, 11) is 0. The fourth-order valence-electron chi connectivity index (χ4n) is 10.9. The Balaban J connectivity index is 1.15. The maximum atomic E-state index is 2.54. The van der Waals surface area contributed by atoms with E-state index < -0.39 is 0 Å². The Bertz CT molecular complexity index is 3470. The fourth-order valence-corrected chi connectivity index (χ4v) is 10.9. The highest BCUT2D eigenvalue weighted by atomic mass is 14.3. The summed E-state index contributed by atoms with van der Waals surface area (Å²) in [5.74, 6) is 0. The lowest BCUT2D eigenvalue weighted by Crippen LogP contribution is -1.95. The van der Waals surface area contributed by atoms with E-state index in [1.165, 1.54) is 132 Å². The van der Waals surface area contributed by atoms with Crippen molar-refractivity contribution in [3.63, 3.8) is 0 Å². The van der Waals surface area contributed by atoms with Crippen LogP contribution in [0.1, 0.15) is 0 Å². The van der Waals surface area contributed by atoms with E-state index in [4.69, 9.17) is 0 Å². The summed E-state index contributed by atoms with van der Waals surface area (Å²) in [5, 5.41) is 9.83.